The van der Waals surface area contributed by atoms with Gasteiger partial charge in [-0.2, -0.15) is 0 Å². The summed E-state index contributed by atoms with van der Waals surface area (Å²) in [7, 11) is 3.52. The Morgan fingerprint density at radius 3 is 3.00 bits per heavy atom. The molecule has 1 unspecified atom stereocenters. The van der Waals surface area contributed by atoms with Crippen molar-refractivity contribution in [2.75, 3.05) is 38.8 Å². The van der Waals surface area contributed by atoms with Crippen molar-refractivity contribution in [3.63, 3.8) is 0 Å². The zero-order chi connectivity index (χ0) is 15.1. The third-order valence-corrected chi connectivity index (χ3v) is 4.90. The van der Waals surface area contributed by atoms with Crippen molar-refractivity contribution in [3.05, 3.63) is 10.6 Å². The van der Waals surface area contributed by atoms with Gasteiger partial charge in [0.15, 0.2) is 5.13 Å². The minimum absolute atomic E-state index is 0.329. The highest BCUT2D eigenvalue weighted by molar-refractivity contribution is 7.15. The van der Waals surface area contributed by atoms with Crippen molar-refractivity contribution in [3.8, 4) is 0 Å². The van der Waals surface area contributed by atoms with E-state index in [0.717, 1.165) is 49.8 Å². The number of nitrogens with one attached hydrogen (secondary N) is 1. The molecule has 0 spiro atoms. The Labute approximate surface area is 131 Å². The first-order chi connectivity index (χ1) is 10.3. The van der Waals surface area contributed by atoms with E-state index in [4.69, 9.17) is 14.5 Å². The van der Waals surface area contributed by atoms with Crippen LogP contribution in [0.4, 0.5) is 5.13 Å². The van der Waals surface area contributed by atoms with E-state index in [1.165, 1.54) is 11.3 Å². The first-order valence-electron chi connectivity index (χ1n) is 7.74. The van der Waals surface area contributed by atoms with Crippen LogP contribution in [0.15, 0.2) is 0 Å². The van der Waals surface area contributed by atoms with Crippen molar-refractivity contribution >= 4 is 16.5 Å². The van der Waals surface area contributed by atoms with Gasteiger partial charge in [0.1, 0.15) is 0 Å². The number of thiazole rings is 1. The normalized spacial score (nSPS) is 19.2. The van der Waals surface area contributed by atoms with E-state index in [1.54, 1.807) is 25.6 Å². The van der Waals surface area contributed by atoms with Crippen LogP contribution in [-0.4, -0.2) is 44.9 Å². The van der Waals surface area contributed by atoms with E-state index >= 15 is 0 Å². The molecular weight excluding hydrogens is 286 g/mol. The molecule has 2 rings (SSSR count). The highest BCUT2D eigenvalue weighted by atomic mass is 32.1. The molecule has 0 bridgehead atoms. The molecular formula is C15H27N3O2S. The largest absolute Gasteiger partial charge is 0.380 e. The highest BCUT2D eigenvalue weighted by Crippen LogP contribution is 2.29. The van der Waals surface area contributed by atoms with Gasteiger partial charge in [0, 0.05) is 38.7 Å². The minimum atomic E-state index is 0.329. The van der Waals surface area contributed by atoms with Crippen molar-refractivity contribution in [1.82, 2.24) is 10.3 Å². The molecule has 1 N–H and O–H groups in total. The van der Waals surface area contributed by atoms with Gasteiger partial charge in [0.2, 0.25) is 0 Å². The van der Waals surface area contributed by atoms with Gasteiger partial charge in [-0.15, -0.1) is 11.3 Å². The Morgan fingerprint density at radius 1 is 1.43 bits per heavy atom. The van der Waals surface area contributed by atoms with Gasteiger partial charge in [-0.05, 0) is 25.8 Å². The van der Waals surface area contributed by atoms with Gasteiger partial charge in [-0.25, -0.2) is 4.98 Å². The summed E-state index contributed by atoms with van der Waals surface area (Å²) in [6.07, 6.45) is 3.79. The van der Waals surface area contributed by atoms with Crippen LogP contribution in [0, 0.1) is 0 Å². The molecule has 1 aliphatic rings. The second-order valence-electron chi connectivity index (χ2n) is 5.42. The number of aromatic nitrogens is 1. The van der Waals surface area contributed by atoms with Gasteiger partial charge < -0.3 is 19.7 Å². The van der Waals surface area contributed by atoms with Crippen LogP contribution in [0.25, 0.3) is 0 Å². The summed E-state index contributed by atoms with van der Waals surface area (Å²) in [4.78, 5) is 8.44. The predicted molar refractivity (Wildman–Crippen MR) is 87.1 cm³/mol. The summed E-state index contributed by atoms with van der Waals surface area (Å²) in [5, 5.41) is 4.57. The number of piperidine rings is 1. The highest BCUT2D eigenvalue weighted by Gasteiger charge is 2.23. The average Bonchev–Trinajstić information content (AvgIpc) is 2.91. The van der Waals surface area contributed by atoms with E-state index in [-0.39, 0.29) is 0 Å². The number of methoxy groups -OCH3 is 2. The molecule has 1 aromatic rings. The monoisotopic (exact) mass is 313 g/mol. The first kappa shape index (κ1) is 16.7. The fraction of sp³-hybridized carbons (Fsp3) is 0.800. The van der Waals surface area contributed by atoms with Crippen LogP contribution >= 0.6 is 11.3 Å². The fourth-order valence-electron chi connectivity index (χ4n) is 2.58. The molecule has 2 heterocycles. The molecule has 1 atom stereocenters. The molecule has 0 aromatic carbocycles. The zero-order valence-electron chi connectivity index (χ0n) is 13.4. The van der Waals surface area contributed by atoms with Gasteiger partial charge in [0.25, 0.3) is 0 Å². The van der Waals surface area contributed by atoms with Crippen molar-refractivity contribution in [2.24, 2.45) is 0 Å². The van der Waals surface area contributed by atoms with Crippen LogP contribution in [-0.2, 0) is 22.6 Å². The van der Waals surface area contributed by atoms with Gasteiger partial charge in [-0.3, -0.25) is 0 Å². The zero-order valence-corrected chi connectivity index (χ0v) is 14.2. The molecule has 120 valence electrons. The number of nitrogens with zero attached hydrogens (tertiary/aromatic N) is 2. The van der Waals surface area contributed by atoms with E-state index in [9.17, 15) is 0 Å². The first-order valence-corrected chi connectivity index (χ1v) is 8.56. The summed E-state index contributed by atoms with van der Waals surface area (Å²) in [5.74, 6) is 0. The third-order valence-electron chi connectivity index (χ3n) is 3.74. The fourth-order valence-corrected chi connectivity index (χ4v) is 3.64. The van der Waals surface area contributed by atoms with E-state index in [1.807, 2.05) is 0 Å². The number of hydrogen-bond donors (Lipinski definition) is 1. The Balaban J connectivity index is 2.06. The lowest BCUT2D eigenvalue weighted by molar-refractivity contribution is 0.0893. The van der Waals surface area contributed by atoms with Crippen molar-refractivity contribution in [2.45, 2.75) is 45.4 Å². The Kier molecular flexibility index (Phi) is 6.89. The van der Waals surface area contributed by atoms with Crippen LogP contribution in [0.3, 0.4) is 0 Å². The van der Waals surface area contributed by atoms with Gasteiger partial charge in [-0.1, -0.05) is 6.92 Å². The van der Waals surface area contributed by atoms with Gasteiger partial charge in [0.05, 0.1) is 18.4 Å². The van der Waals surface area contributed by atoms with E-state index in [2.05, 4.69) is 17.1 Å². The molecule has 0 amide bonds. The molecule has 5 nitrogen and oxygen atoms in total. The predicted octanol–water partition coefficient (Wildman–Crippen LogP) is 2.40. The summed E-state index contributed by atoms with van der Waals surface area (Å²) in [6, 6.07) is 0. The average molecular weight is 313 g/mol. The van der Waals surface area contributed by atoms with Crippen LogP contribution < -0.4 is 10.2 Å². The second kappa shape index (κ2) is 8.68. The van der Waals surface area contributed by atoms with Crippen LogP contribution in [0.2, 0.25) is 0 Å². The summed E-state index contributed by atoms with van der Waals surface area (Å²) < 4.78 is 10.8. The Morgan fingerprint density at radius 2 is 2.29 bits per heavy atom. The van der Waals surface area contributed by atoms with E-state index < -0.39 is 0 Å². The maximum Gasteiger partial charge on any atom is 0.186 e. The SMILES string of the molecule is CCCNCc1sc(N2CCCC(OC)C2)nc1COC. The Hall–Kier alpha value is -0.690. The maximum atomic E-state index is 5.51. The van der Waals surface area contributed by atoms with Crippen molar-refractivity contribution < 1.29 is 9.47 Å². The lowest BCUT2D eigenvalue weighted by Gasteiger charge is -2.31. The summed E-state index contributed by atoms with van der Waals surface area (Å²) >= 11 is 1.79. The minimum Gasteiger partial charge on any atom is -0.380 e. The molecule has 1 aliphatic heterocycles. The molecule has 6 heteroatoms. The summed E-state index contributed by atoms with van der Waals surface area (Å²) in [6.45, 7) is 6.70. The molecule has 1 aromatic heterocycles. The lowest BCUT2D eigenvalue weighted by atomic mass is 10.1. The lowest BCUT2D eigenvalue weighted by Crippen LogP contribution is -2.39. The summed E-state index contributed by atoms with van der Waals surface area (Å²) in [5.41, 5.74) is 1.07. The molecule has 1 saturated heterocycles. The van der Waals surface area contributed by atoms with E-state index in [0.29, 0.717) is 12.7 Å². The molecule has 0 radical (unpaired) electrons. The number of rotatable bonds is 8. The number of anilines is 1. The van der Waals surface area contributed by atoms with Crippen LogP contribution in [0.1, 0.15) is 36.8 Å². The number of ether oxygens (including phenoxy) is 2. The molecule has 21 heavy (non-hydrogen) atoms. The molecule has 0 aliphatic carbocycles. The maximum absolute atomic E-state index is 5.51. The molecule has 1 fully saturated rings. The Bertz CT molecular complexity index is 425. The smallest absolute Gasteiger partial charge is 0.186 e. The molecule has 0 saturated carbocycles. The third kappa shape index (κ3) is 4.64. The quantitative estimate of drug-likeness (QED) is 0.747. The van der Waals surface area contributed by atoms with Crippen molar-refractivity contribution in [1.29, 1.82) is 0 Å². The number of hydrogen-bond acceptors (Lipinski definition) is 6. The van der Waals surface area contributed by atoms with Gasteiger partial charge >= 0.3 is 0 Å². The topological polar surface area (TPSA) is 46.6 Å². The second-order valence-corrected chi connectivity index (χ2v) is 6.48. The van der Waals surface area contributed by atoms with Crippen LogP contribution in [0.5, 0.6) is 0 Å². The standard InChI is InChI=1S/C15H27N3O2S/c1-4-7-16-9-14-13(11-19-2)17-15(21-14)18-8-5-6-12(10-18)20-3/h12,16H,4-11H2,1-3H3.